The largest absolute Gasteiger partial charge is 0.494 e. The fourth-order valence-corrected chi connectivity index (χ4v) is 2.05. The summed E-state index contributed by atoms with van der Waals surface area (Å²) in [6.07, 6.45) is 0.761. The molecule has 0 amide bonds. The molecule has 0 atom stereocenters. The number of halogens is 1. The quantitative estimate of drug-likeness (QED) is 0.923. The second kappa shape index (κ2) is 5.42. The summed E-state index contributed by atoms with van der Waals surface area (Å²) in [5.41, 5.74) is 8.38. The fourth-order valence-electron chi connectivity index (χ4n) is 1.88. The monoisotopic (exact) mass is 265 g/mol. The van der Waals surface area contributed by atoms with Crippen molar-refractivity contribution in [1.29, 1.82) is 0 Å². The zero-order valence-corrected chi connectivity index (χ0v) is 11.2. The van der Waals surface area contributed by atoms with Gasteiger partial charge in [0.15, 0.2) is 0 Å². The Morgan fingerprint density at radius 2 is 2.17 bits per heavy atom. The van der Waals surface area contributed by atoms with Gasteiger partial charge in [-0.25, -0.2) is 4.68 Å². The maximum absolute atomic E-state index is 6.03. The predicted molar refractivity (Wildman–Crippen MR) is 72.6 cm³/mol. The van der Waals surface area contributed by atoms with Crippen molar-refractivity contribution in [3.63, 3.8) is 0 Å². The highest BCUT2D eigenvalue weighted by Gasteiger charge is 2.11. The van der Waals surface area contributed by atoms with Crippen LogP contribution in [0, 0.1) is 6.92 Å². The molecule has 1 aromatic carbocycles. The van der Waals surface area contributed by atoms with Crippen LogP contribution in [0.5, 0.6) is 5.75 Å². The van der Waals surface area contributed by atoms with Crippen molar-refractivity contribution < 1.29 is 4.74 Å². The number of ether oxygens (including phenoxy) is 1. The molecule has 4 nitrogen and oxygen atoms in total. The van der Waals surface area contributed by atoms with E-state index in [1.165, 1.54) is 0 Å². The highest BCUT2D eigenvalue weighted by atomic mass is 35.5. The van der Waals surface area contributed by atoms with Gasteiger partial charge < -0.3 is 10.5 Å². The summed E-state index contributed by atoms with van der Waals surface area (Å²) in [4.78, 5) is 0. The zero-order valence-electron chi connectivity index (χ0n) is 10.5. The van der Waals surface area contributed by atoms with E-state index in [0.717, 1.165) is 29.2 Å². The Labute approximate surface area is 111 Å². The Balaban J connectivity index is 2.50. The number of hydrogen-bond acceptors (Lipinski definition) is 3. The van der Waals surface area contributed by atoms with E-state index < -0.39 is 0 Å². The summed E-state index contributed by atoms with van der Waals surface area (Å²) >= 11 is 6.03. The van der Waals surface area contributed by atoms with Crippen LogP contribution in [-0.2, 0) is 6.42 Å². The normalized spacial score (nSPS) is 10.7. The Morgan fingerprint density at radius 1 is 1.39 bits per heavy atom. The minimum Gasteiger partial charge on any atom is -0.494 e. The van der Waals surface area contributed by atoms with Crippen molar-refractivity contribution >= 4 is 11.6 Å². The van der Waals surface area contributed by atoms with E-state index in [0.29, 0.717) is 11.6 Å². The van der Waals surface area contributed by atoms with E-state index in [1.54, 1.807) is 13.2 Å². The standard InChI is InChI=1S/C13H16ClN3O/c1-9-7-11(5-6-15)16-17(9)12-8-10(14)3-4-13(12)18-2/h3-4,7-8H,5-6,15H2,1-2H3. The first-order chi connectivity index (χ1) is 8.65. The zero-order chi connectivity index (χ0) is 13.1. The number of benzene rings is 1. The molecule has 5 heteroatoms. The van der Waals surface area contributed by atoms with E-state index in [9.17, 15) is 0 Å². The molecule has 0 fully saturated rings. The lowest BCUT2D eigenvalue weighted by atomic mass is 10.2. The van der Waals surface area contributed by atoms with Gasteiger partial charge >= 0.3 is 0 Å². The second-order valence-electron chi connectivity index (χ2n) is 4.04. The van der Waals surface area contributed by atoms with E-state index in [1.807, 2.05) is 29.8 Å². The molecule has 0 saturated carbocycles. The van der Waals surface area contributed by atoms with Gasteiger partial charge in [0.2, 0.25) is 0 Å². The topological polar surface area (TPSA) is 53.1 Å². The smallest absolute Gasteiger partial charge is 0.144 e. The van der Waals surface area contributed by atoms with E-state index >= 15 is 0 Å². The molecule has 0 radical (unpaired) electrons. The van der Waals surface area contributed by atoms with Gasteiger partial charge in [-0.3, -0.25) is 0 Å². The second-order valence-corrected chi connectivity index (χ2v) is 4.48. The number of nitrogens with two attached hydrogens (primary N) is 1. The van der Waals surface area contributed by atoms with Gasteiger partial charge in [-0.2, -0.15) is 5.10 Å². The number of aromatic nitrogens is 2. The number of methoxy groups -OCH3 is 1. The van der Waals surface area contributed by atoms with Crippen molar-refractivity contribution in [1.82, 2.24) is 9.78 Å². The molecule has 2 rings (SSSR count). The molecule has 0 bridgehead atoms. The van der Waals surface area contributed by atoms with Crippen molar-refractivity contribution in [2.45, 2.75) is 13.3 Å². The fraction of sp³-hybridized carbons (Fsp3) is 0.308. The third-order valence-electron chi connectivity index (χ3n) is 2.71. The minimum absolute atomic E-state index is 0.586. The van der Waals surface area contributed by atoms with Crippen LogP contribution in [0.4, 0.5) is 0 Å². The first kappa shape index (κ1) is 12.9. The van der Waals surface area contributed by atoms with Crippen molar-refractivity contribution in [2.75, 3.05) is 13.7 Å². The first-order valence-electron chi connectivity index (χ1n) is 5.75. The van der Waals surface area contributed by atoms with Crippen LogP contribution < -0.4 is 10.5 Å². The molecule has 0 aliphatic rings. The van der Waals surface area contributed by atoms with E-state index in [-0.39, 0.29) is 0 Å². The molecule has 1 heterocycles. The van der Waals surface area contributed by atoms with Gasteiger partial charge in [0, 0.05) is 17.1 Å². The summed E-state index contributed by atoms with van der Waals surface area (Å²) in [6.45, 7) is 2.58. The lowest BCUT2D eigenvalue weighted by Crippen LogP contribution is -2.05. The molecule has 0 saturated heterocycles. The van der Waals surface area contributed by atoms with Crippen LogP contribution in [0.2, 0.25) is 5.02 Å². The highest BCUT2D eigenvalue weighted by molar-refractivity contribution is 6.30. The summed E-state index contributed by atoms with van der Waals surface area (Å²) in [5, 5.41) is 5.17. The number of hydrogen-bond donors (Lipinski definition) is 1. The average molecular weight is 266 g/mol. The molecule has 18 heavy (non-hydrogen) atoms. The van der Waals surface area contributed by atoms with Crippen LogP contribution in [-0.4, -0.2) is 23.4 Å². The van der Waals surface area contributed by atoms with Gasteiger partial charge in [-0.15, -0.1) is 0 Å². The third kappa shape index (κ3) is 2.49. The van der Waals surface area contributed by atoms with E-state index in [4.69, 9.17) is 22.1 Å². The Morgan fingerprint density at radius 3 is 2.83 bits per heavy atom. The molecule has 0 aliphatic heterocycles. The van der Waals surface area contributed by atoms with Crippen LogP contribution in [0.3, 0.4) is 0 Å². The minimum atomic E-state index is 0.586. The SMILES string of the molecule is COc1ccc(Cl)cc1-n1nc(CCN)cc1C. The summed E-state index contributed by atoms with van der Waals surface area (Å²) in [7, 11) is 1.63. The Kier molecular flexibility index (Phi) is 3.89. The summed E-state index contributed by atoms with van der Waals surface area (Å²) in [6, 6.07) is 7.49. The van der Waals surface area contributed by atoms with Crippen molar-refractivity contribution in [3.05, 3.63) is 40.7 Å². The molecule has 1 aromatic heterocycles. The van der Waals surface area contributed by atoms with Gasteiger partial charge in [0.1, 0.15) is 11.4 Å². The number of rotatable bonds is 4. The molecule has 2 N–H and O–H groups in total. The van der Waals surface area contributed by atoms with Crippen molar-refractivity contribution in [2.24, 2.45) is 5.73 Å². The van der Waals surface area contributed by atoms with Crippen LogP contribution in [0.25, 0.3) is 5.69 Å². The molecular formula is C13H16ClN3O. The Hall–Kier alpha value is -1.52. The van der Waals surface area contributed by atoms with Crippen LogP contribution in [0.1, 0.15) is 11.4 Å². The molecule has 0 spiro atoms. The molecular weight excluding hydrogens is 250 g/mol. The average Bonchev–Trinajstić information content (AvgIpc) is 2.70. The lowest BCUT2D eigenvalue weighted by molar-refractivity contribution is 0.411. The number of aryl methyl sites for hydroxylation is 1. The maximum Gasteiger partial charge on any atom is 0.144 e. The maximum atomic E-state index is 6.03. The van der Waals surface area contributed by atoms with Crippen LogP contribution in [0.15, 0.2) is 24.3 Å². The lowest BCUT2D eigenvalue weighted by Gasteiger charge is -2.10. The van der Waals surface area contributed by atoms with Gasteiger partial charge in [0.05, 0.1) is 12.8 Å². The van der Waals surface area contributed by atoms with Crippen molar-refractivity contribution in [3.8, 4) is 11.4 Å². The molecule has 2 aromatic rings. The third-order valence-corrected chi connectivity index (χ3v) is 2.94. The van der Waals surface area contributed by atoms with Gasteiger partial charge in [0.25, 0.3) is 0 Å². The molecule has 0 unspecified atom stereocenters. The Bertz CT molecular complexity index is 551. The number of nitrogens with zero attached hydrogens (tertiary/aromatic N) is 2. The van der Waals surface area contributed by atoms with Crippen LogP contribution >= 0.6 is 11.6 Å². The first-order valence-corrected chi connectivity index (χ1v) is 6.13. The van der Waals surface area contributed by atoms with E-state index in [2.05, 4.69) is 5.10 Å². The van der Waals surface area contributed by atoms with Gasteiger partial charge in [-0.05, 0) is 37.7 Å². The van der Waals surface area contributed by atoms with Gasteiger partial charge in [-0.1, -0.05) is 11.6 Å². The molecule has 0 aliphatic carbocycles. The summed E-state index contributed by atoms with van der Waals surface area (Å²) < 4.78 is 7.16. The summed E-state index contributed by atoms with van der Waals surface area (Å²) in [5.74, 6) is 0.741. The predicted octanol–water partition coefficient (Wildman–Crippen LogP) is 2.34. The molecule has 96 valence electrons. The highest BCUT2D eigenvalue weighted by Crippen LogP contribution is 2.27.